The van der Waals surface area contributed by atoms with E-state index in [0.717, 1.165) is 12.8 Å². The number of hydrogen-bond donors (Lipinski definition) is 0. The molecule has 0 saturated heterocycles. The third-order valence-corrected chi connectivity index (χ3v) is 6.89. The second kappa shape index (κ2) is 25.5. The van der Waals surface area contributed by atoms with E-state index in [1.807, 2.05) is 0 Å². The molecule has 1 atom stereocenters. The summed E-state index contributed by atoms with van der Waals surface area (Å²) in [4.78, 5) is 0. The van der Waals surface area contributed by atoms with E-state index in [4.69, 9.17) is 4.74 Å². The molecule has 0 aliphatic carbocycles. The topological polar surface area (TPSA) is 29.1 Å². The van der Waals surface area contributed by atoms with Crippen LogP contribution >= 0.6 is 0 Å². The average Bonchev–Trinajstić information content (AvgIpc) is 2.77. The van der Waals surface area contributed by atoms with Crippen molar-refractivity contribution < 1.29 is 9.84 Å². The molecule has 193 valence electrons. The lowest BCUT2D eigenvalue weighted by atomic mass is 10.0. The minimum atomic E-state index is -1.17. The molecule has 0 aliphatic rings. The van der Waals surface area contributed by atoms with Crippen LogP contribution in [0.2, 0.25) is 0 Å². The minimum absolute atomic E-state index is 0.648. The monoisotopic (exact) mass is 453 g/mol. The van der Waals surface area contributed by atoms with Gasteiger partial charge in [0.2, 0.25) is 0 Å². The van der Waals surface area contributed by atoms with Crippen LogP contribution in [0.4, 0.5) is 0 Å². The normalized spacial score (nSPS) is 13.5. The molecule has 0 spiro atoms. The Balaban J connectivity index is 3.29. The summed E-state index contributed by atoms with van der Waals surface area (Å²) in [5.41, 5.74) is 0. The fourth-order valence-corrected chi connectivity index (χ4v) is 4.59. The van der Waals surface area contributed by atoms with Crippen LogP contribution in [0.5, 0.6) is 0 Å². The van der Waals surface area contributed by atoms with Crippen molar-refractivity contribution in [3.05, 3.63) is 0 Å². The van der Waals surface area contributed by atoms with Crippen molar-refractivity contribution in [3.8, 4) is 0 Å². The smallest absolute Gasteiger partial charge is 0.198 e. The van der Waals surface area contributed by atoms with Gasteiger partial charge in [-0.3, -0.25) is 0 Å². The van der Waals surface area contributed by atoms with Crippen molar-refractivity contribution >= 4 is 0 Å². The molecule has 0 amide bonds. The van der Waals surface area contributed by atoms with Gasteiger partial charge in [0.1, 0.15) is 0 Å². The van der Waals surface area contributed by atoms with Crippen LogP contribution in [0.15, 0.2) is 0 Å². The zero-order valence-electron chi connectivity index (χ0n) is 22.7. The zero-order chi connectivity index (χ0) is 23.6. The lowest BCUT2D eigenvalue weighted by Crippen LogP contribution is -2.26. The van der Waals surface area contributed by atoms with E-state index < -0.39 is 5.79 Å². The van der Waals surface area contributed by atoms with Crippen LogP contribution < -0.4 is 0 Å². The van der Waals surface area contributed by atoms with Gasteiger partial charge in [0, 0.05) is 6.42 Å². The van der Waals surface area contributed by atoms with Gasteiger partial charge in [-0.15, -0.1) is 0 Å². The summed E-state index contributed by atoms with van der Waals surface area (Å²) in [6, 6.07) is 0. The van der Waals surface area contributed by atoms with Crippen molar-refractivity contribution in [1.29, 1.82) is 0 Å². The first kappa shape index (κ1) is 31.9. The van der Waals surface area contributed by atoms with E-state index in [9.17, 15) is 5.11 Å². The minimum Gasteiger partial charge on any atom is -0.348 e. The van der Waals surface area contributed by atoms with Gasteiger partial charge in [-0.1, -0.05) is 155 Å². The molecule has 0 fully saturated rings. The van der Waals surface area contributed by atoms with Gasteiger partial charge in [-0.05, 0) is 19.8 Å². The summed E-state index contributed by atoms with van der Waals surface area (Å²) in [6.07, 6.45) is 32.8. The van der Waals surface area contributed by atoms with Crippen molar-refractivity contribution in [2.24, 2.45) is 0 Å². The highest BCUT2D eigenvalue weighted by molar-refractivity contribution is 4.60. The first-order valence-corrected chi connectivity index (χ1v) is 15.0. The molecule has 0 bridgehead atoms. The van der Waals surface area contributed by atoms with E-state index in [2.05, 4.69) is 13.8 Å². The van der Waals surface area contributed by atoms with Gasteiger partial charge < -0.3 is 4.74 Å². The molecule has 32 heavy (non-hydrogen) atoms. The van der Waals surface area contributed by atoms with Gasteiger partial charge in [-0.2, -0.15) is 5.11 Å². The van der Waals surface area contributed by atoms with Crippen LogP contribution in [0.3, 0.4) is 0 Å². The van der Waals surface area contributed by atoms with Crippen molar-refractivity contribution in [3.63, 3.8) is 0 Å². The van der Waals surface area contributed by atoms with Crippen molar-refractivity contribution in [1.82, 2.24) is 0 Å². The standard InChI is InChI=1S/C30H61O2/c1-4-6-8-10-12-14-16-18-20-22-24-26-28-30(3,31)32-29-27-25-23-21-19-17-15-13-11-9-7-5-2/h4-29H2,1-3H3. The predicted molar refractivity (Wildman–Crippen MR) is 142 cm³/mol. The molecule has 0 aliphatic heterocycles. The highest BCUT2D eigenvalue weighted by Crippen LogP contribution is 2.19. The Morgan fingerprint density at radius 3 is 1.06 bits per heavy atom. The molecule has 0 aromatic rings. The summed E-state index contributed by atoms with van der Waals surface area (Å²) in [5.74, 6) is -1.17. The van der Waals surface area contributed by atoms with Gasteiger partial charge in [0.25, 0.3) is 0 Å². The Bertz CT molecular complexity index is 340. The SMILES string of the molecule is CCCCCCCCCCCCCCOC(C)([O])CCCCCCCCCCCCCC. The quantitative estimate of drug-likeness (QED) is 0.0897. The Hall–Kier alpha value is -0.0800. The Morgan fingerprint density at radius 1 is 0.438 bits per heavy atom. The Kier molecular flexibility index (Phi) is 25.5. The number of unbranched alkanes of at least 4 members (excludes halogenated alkanes) is 22. The van der Waals surface area contributed by atoms with Gasteiger partial charge >= 0.3 is 0 Å². The molecule has 0 aromatic carbocycles. The van der Waals surface area contributed by atoms with E-state index in [-0.39, 0.29) is 0 Å². The zero-order valence-corrected chi connectivity index (χ0v) is 22.7. The molecular formula is C30H61O2. The van der Waals surface area contributed by atoms with Crippen molar-refractivity contribution in [2.75, 3.05) is 6.61 Å². The first-order valence-electron chi connectivity index (χ1n) is 15.0. The molecule has 2 nitrogen and oxygen atoms in total. The molecule has 0 heterocycles. The lowest BCUT2D eigenvalue weighted by Gasteiger charge is -2.21. The highest BCUT2D eigenvalue weighted by atomic mass is 16.6. The molecule has 0 N–H and O–H groups in total. The predicted octanol–water partition coefficient (Wildman–Crippen LogP) is 10.9. The molecule has 0 rings (SSSR count). The van der Waals surface area contributed by atoms with E-state index >= 15 is 0 Å². The van der Waals surface area contributed by atoms with Crippen LogP contribution in [-0.2, 0) is 9.84 Å². The van der Waals surface area contributed by atoms with Crippen LogP contribution in [-0.4, -0.2) is 12.4 Å². The number of ether oxygens (including phenoxy) is 1. The van der Waals surface area contributed by atoms with Crippen molar-refractivity contribution in [2.45, 2.75) is 187 Å². The third-order valence-electron chi connectivity index (χ3n) is 6.89. The maximum Gasteiger partial charge on any atom is 0.198 e. The third kappa shape index (κ3) is 26.2. The lowest BCUT2D eigenvalue weighted by molar-refractivity contribution is -0.232. The van der Waals surface area contributed by atoms with Gasteiger partial charge in [0.15, 0.2) is 5.79 Å². The largest absolute Gasteiger partial charge is 0.348 e. The fourth-order valence-electron chi connectivity index (χ4n) is 4.59. The van der Waals surface area contributed by atoms with Crippen LogP contribution in [0.25, 0.3) is 0 Å². The maximum atomic E-state index is 12.5. The Morgan fingerprint density at radius 2 is 0.719 bits per heavy atom. The summed E-state index contributed by atoms with van der Waals surface area (Å²) in [5, 5.41) is 12.5. The maximum absolute atomic E-state index is 12.5. The molecule has 0 saturated carbocycles. The van der Waals surface area contributed by atoms with Crippen LogP contribution in [0, 0.1) is 0 Å². The van der Waals surface area contributed by atoms with E-state index in [1.54, 1.807) is 6.92 Å². The first-order chi connectivity index (χ1) is 15.6. The summed E-state index contributed by atoms with van der Waals surface area (Å²) >= 11 is 0. The summed E-state index contributed by atoms with van der Waals surface area (Å²) in [7, 11) is 0. The second-order valence-electron chi connectivity index (χ2n) is 10.5. The molecule has 1 unspecified atom stereocenters. The number of rotatable bonds is 27. The fraction of sp³-hybridized carbons (Fsp3) is 1.00. The molecular weight excluding hydrogens is 392 g/mol. The molecule has 1 radical (unpaired) electrons. The van der Waals surface area contributed by atoms with Gasteiger partial charge in [-0.25, -0.2) is 0 Å². The summed E-state index contributed by atoms with van der Waals surface area (Å²) < 4.78 is 5.67. The number of hydrogen-bond acceptors (Lipinski definition) is 1. The molecule has 0 aromatic heterocycles. The average molecular weight is 454 g/mol. The second-order valence-corrected chi connectivity index (χ2v) is 10.5. The summed E-state index contributed by atoms with van der Waals surface area (Å²) in [6.45, 7) is 6.95. The highest BCUT2D eigenvalue weighted by Gasteiger charge is 2.22. The van der Waals surface area contributed by atoms with E-state index in [1.165, 1.54) is 141 Å². The Labute approximate surface area is 203 Å². The van der Waals surface area contributed by atoms with Gasteiger partial charge in [0.05, 0.1) is 6.61 Å². The van der Waals surface area contributed by atoms with Crippen LogP contribution in [0.1, 0.15) is 181 Å². The molecule has 2 heteroatoms. The van der Waals surface area contributed by atoms with E-state index in [0.29, 0.717) is 13.0 Å².